The molecule has 1 atom stereocenters. The molecule has 0 aliphatic carbocycles. The van der Waals surface area contributed by atoms with Crippen LogP contribution in [-0.2, 0) is 7.05 Å². The second-order valence-electron chi connectivity index (χ2n) is 4.45. The molecule has 0 saturated carbocycles. The zero-order valence-corrected chi connectivity index (χ0v) is 10.7. The number of aromatic nitrogens is 3. The van der Waals surface area contributed by atoms with Crippen LogP contribution in [0, 0.1) is 0 Å². The van der Waals surface area contributed by atoms with E-state index in [0.29, 0.717) is 17.6 Å². The number of carbonyl (C=O) groups excluding carboxylic acids is 1. The molecular formula is C12H16N4O2. The Morgan fingerprint density at radius 1 is 1.56 bits per heavy atom. The summed E-state index contributed by atoms with van der Waals surface area (Å²) in [6.45, 7) is 1.95. The summed E-state index contributed by atoms with van der Waals surface area (Å²) < 4.78 is 1.66. The van der Waals surface area contributed by atoms with Gasteiger partial charge in [-0.15, -0.1) is 5.10 Å². The van der Waals surface area contributed by atoms with E-state index in [0.717, 1.165) is 5.52 Å². The van der Waals surface area contributed by atoms with Crippen molar-refractivity contribution >= 4 is 16.9 Å². The Balaban J connectivity index is 2.28. The topological polar surface area (TPSA) is 71.2 Å². The van der Waals surface area contributed by atoms with Crippen molar-refractivity contribution in [2.24, 2.45) is 7.05 Å². The Morgan fingerprint density at radius 3 is 2.94 bits per heavy atom. The second kappa shape index (κ2) is 4.73. The number of fused-ring (bicyclic) bond motifs is 1. The average molecular weight is 248 g/mol. The Morgan fingerprint density at radius 2 is 2.28 bits per heavy atom. The number of aliphatic hydroxyl groups is 1. The van der Waals surface area contributed by atoms with Crippen LogP contribution < -0.4 is 0 Å². The van der Waals surface area contributed by atoms with E-state index in [9.17, 15) is 9.90 Å². The molecule has 0 spiro atoms. The zero-order chi connectivity index (χ0) is 13.3. The summed E-state index contributed by atoms with van der Waals surface area (Å²) in [5.74, 6) is -0.136. The van der Waals surface area contributed by atoms with Gasteiger partial charge in [0.2, 0.25) is 0 Å². The standard InChI is InChI=1S/C12H16N4O2/c1-8(17)7-15(2)12(18)9-4-5-11-10(6-9)13-14-16(11)3/h4-6,8,17H,7H2,1-3H3. The SMILES string of the molecule is CC(O)CN(C)C(=O)c1ccc2c(c1)nnn2C. The van der Waals surface area contributed by atoms with Crippen LogP contribution in [0.2, 0.25) is 0 Å². The van der Waals surface area contributed by atoms with Crippen LogP contribution in [0.3, 0.4) is 0 Å². The first kappa shape index (κ1) is 12.5. The number of carbonyl (C=O) groups is 1. The molecule has 1 unspecified atom stereocenters. The highest BCUT2D eigenvalue weighted by molar-refractivity contribution is 5.97. The first-order valence-corrected chi connectivity index (χ1v) is 5.72. The highest BCUT2D eigenvalue weighted by Crippen LogP contribution is 2.13. The van der Waals surface area contributed by atoms with Gasteiger partial charge in [0.25, 0.3) is 5.91 Å². The lowest BCUT2D eigenvalue weighted by atomic mass is 10.1. The number of likely N-dealkylation sites (N-methyl/N-ethyl adjacent to an activating group) is 1. The van der Waals surface area contributed by atoms with E-state index < -0.39 is 6.10 Å². The molecule has 0 fully saturated rings. The van der Waals surface area contributed by atoms with E-state index in [1.807, 2.05) is 6.07 Å². The molecule has 18 heavy (non-hydrogen) atoms. The van der Waals surface area contributed by atoms with Gasteiger partial charge < -0.3 is 10.0 Å². The summed E-state index contributed by atoms with van der Waals surface area (Å²) in [5.41, 5.74) is 2.12. The average Bonchev–Trinajstić information content (AvgIpc) is 2.69. The van der Waals surface area contributed by atoms with Gasteiger partial charge in [-0.25, -0.2) is 4.68 Å². The lowest BCUT2D eigenvalue weighted by Crippen LogP contribution is -2.33. The quantitative estimate of drug-likeness (QED) is 0.854. The van der Waals surface area contributed by atoms with Crippen LogP contribution in [-0.4, -0.2) is 50.6 Å². The minimum Gasteiger partial charge on any atom is -0.392 e. The summed E-state index contributed by atoms with van der Waals surface area (Å²) in [5, 5.41) is 17.1. The molecular weight excluding hydrogens is 232 g/mol. The van der Waals surface area contributed by atoms with Gasteiger partial charge in [0, 0.05) is 26.2 Å². The van der Waals surface area contributed by atoms with Gasteiger partial charge in [-0.1, -0.05) is 5.21 Å². The largest absolute Gasteiger partial charge is 0.392 e. The molecule has 0 saturated heterocycles. The van der Waals surface area contributed by atoms with Gasteiger partial charge in [0.1, 0.15) is 5.52 Å². The first-order valence-electron chi connectivity index (χ1n) is 5.72. The van der Waals surface area contributed by atoms with Gasteiger partial charge in [0.05, 0.1) is 11.6 Å². The van der Waals surface area contributed by atoms with Crippen molar-refractivity contribution in [2.75, 3.05) is 13.6 Å². The third-order valence-corrected chi connectivity index (χ3v) is 2.74. The molecule has 1 amide bonds. The van der Waals surface area contributed by atoms with Crippen molar-refractivity contribution in [2.45, 2.75) is 13.0 Å². The molecule has 0 aliphatic rings. The van der Waals surface area contributed by atoms with Gasteiger partial charge in [-0.3, -0.25) is 4.79 Å². The van der Waals surface area contributed by atoms with Crippen LogP contribution in [0.5, 0.6) is 0 Å². The Hall–Kier alpha value is -1.95. The minimum atomic E-state index is -0.542. The molecule has 2 rings (SSSR count). The van der Waals surface area contributed by atoms with Crippen LogP contribution in [0.15, 0.2) is 18.2 Å². The summed E-state index contributed by atoms with van der Waals surface area (Å²) in [6, 6.07) is 5.27. The van der Waals surface area contributed by atoms with Crippen molar-refractivity contribution in [1.82, 2.24) is 19.9 Å². The fourth-order valence-corrected chi connectivity index (χ4v) is 1.87. The molecule has 2 aromatic rings. The third kappa shape index (κ3) is 2.33. The number of hydrogen-bond donors (Lipinski definition) is 1. The molecule has 0 aliphatic heterocycles. The number of benzene rings is 1. The maximum absolute atomic E-state index is 12.1. The summed E-state index contributed by atoms with van der Waals surface area (Å²) in [4.78, 5) is 13.6. The highest BCUT2D eigenvalue weighted by Gasteiger charge is 2.14. The van der Waals surface area contributed by atoms with Gasteiger partial charge >= 0.3 is 0 Å². The lowest BCUT2D eigenvalue weighted by Gasteiger charge is -2.18. The predicted octanol–water partition coefficient (Wildman–Crippen LogP) is 0.421. The molecule has 1 heterocycles. The van der Waals surface area contributed by atoms with Gasteiger partial charge in [-0.2, -0.15) is 0 Å². The first-order chi connectivity index (χ1) is 8.49. The van der Waals surface area contributed by atoms with E-state index in [1.165, 1.54) is 4.90 Å². The second-order valence-corrected chi connectivity index (χ2v) is 4.45. The van der Waals surface area contributed by atoms with Crippen molar-refractivity contribution in [3.63, 3.8) is 0 Å². The highest BCUT2D eigenvalue weighted by atomic mass is 16.3. The Bertz CT molecular complexity index is 576. The maximum atomic E-state index is 12.1. The molecule has 1 aromatic carbocycles. The molecule has 96 valence electrons. The monoisotopic (exact) mass is 248 g/mol. The maximum Gasteiger partial charge on any atom is 0.253 e. The number of amides is 1. The van der Waals surface area contributed by atoms with E-state index in [2.05, 4.69) is 10.3 Å². The molecule has 0 bridgehead atoms. The van der Waals surface area contributed by atoms with Crippen molar-refractivity contribution in [1.29, 1.82) is 0 Å². The van der Waals surface area contributed by atoms with Crippen molar-refractivity contribution in [3.8, 4) is 0 Å². The number of aliphatic hydroxyl groups excluding tert-OH is 1. The van der Waals surface area contributed by atoms with Gasteiger partial charge in [-0.05, 0) is 25.1 Å². The summed E-state index contributed by atoms with van der Waals surface area (Å²) in [7, 11) is 3.46. The van der Waals surface area contributed by atoms with E-state index in [4.69, 9.17) is 0 Å². The predicted molar refractivity (Wildman–Crippen MR) is 67.2 cm³/mol. The number of rotatable bonds is 3. The van der Waals surface area contributed by atoms with Crippen LogP contribution in [0.1, 0.15) is 17.3 Å². The molecule has 0 radical (unpaired) electrons. The fourth-order valence-electron chi connectivity index (χ4n) is 1.87. The Labute approximate surface area is 105 Å². The fraction of sp³-hybridized carbons (Fsp3) is 0.417. The molecule has 1 aromatic heterocycles. The number of nitrogens with zero attached hydrogens (tertiary/aromatic N) is 4. The minimum absolute atomic E-state index is 0.136. The molecule has 6 nitrogen and oxygen atoms in total. The van der Waals surface area contributed by atoms with E-state index in [1.54, 1.807) is 37.8 Å². The Kier molecular flexibility index (Phi) is 3.29. The summed E-state index contributed by atoms with van der Waals surface area (Å²) in [6.07, 6.45) is -0.542. The van der Waals surface area contributed by atoms with Crippen LogP contribution in [0.25, 0.3) is 11.0 Å². The summed E-state index contributed by atoms with van der Waals surface area (Å²) >= 11 is 0. The van der Waals surface area contributed by atoms with Gasteiger partial charge in [0.15, 0.2) is 0 Å². The van der Waals surface area contributed by atoms with E-state index >= 15 is 0 Å². The van der Waals surface area contributed by atoms with Crippen LogP contribution in [0.4, 0.5) is 0 Å². The molecule has 1 N–H and O–H groups in total. The smallest absolute Gasteiger partial charge is 0.253 e. The van der Waals surface area contributed by atoms with E-state index in [-0.39, 0.29) is 5.91 Å². The van der Waals surface area contributed by atoms with Crippen molar-refractivity contribution in [3.05, 3.63) is 23.8 Å². The zero-order valence-electron chi connectivity index (χ0n) is 10.7. The number of hydrogen-bond acceptors (Lipinski definition) is 4. The lowest BCUT2D eigenvalue weighted by molar-refractivity contribution is 0.0704. The van der Waals surface area contributed by atoms with Crippen LogP contribution >= 0.6 is 0 Å². The number of aryl methyl sites for hydroxylation is 1. The third-order valence-electron chi connectivity index (χ3n) is 2.74. The normalized spacial score (nSPS) is 12.7. The van der Waals surface area contributed by atoms with Crippen molar-refractivity contribution < 1.29 is 9.90 Å². The molecule has 6 heteroatoms.